The first-order chi connectivity index (χ1) is 19.8. The van der Waals surface area contributed by atoms with Crippen LogP contribution in [0.2, 0.25) is 0 Å². The molecule has 0 fully saturated rings. The van der Waals surface area contributed by atoms with Crippen molar-refractivity contribution in [2.45, 2.75) is 0 Å². The molecule has 9 aromatic rings. The molecule has 186 valence electrons. The molecule has 0 saturated carbocycles. The highest BCUT2D eigenvalue weighted by Gasteiger charge is 2.21. The number of fused-ring (bicyclic) bond motifs is 8. The van der Waals surface area contributed by atoms with E-state index in [2.05, 4.69) is 132 Å². The van der Waals surface area contributed by atoms with Crippen molar-refractivity contribution in [1.29, 1.82) is 0 Å². The first-order valence-electron chi connectivity index (χ1n) is 13.4. The molecule has 0 bridgehead atoms. The van der Waals surface area contributed by atoms with Gasteiger partial charge in [0.15, 0.2) is 5.82 Å². The minimum Gasteiger partial charge on any atom is -0.292 e. The average Bonchev–Trinajstić information content (AvgIpc) is 3.53. The van der Waals surface area contributed by atoms with Crippen LogP contribution < -0.4 is 0 Å². The molecule has 0 aliphatic rings. The van der Waals surface area contributed by atoms with E-state index in [-0.39, 0.29) is 0 Å². The molecule has 3 nitrogen and oxygen atoms in total. The quantitative estimate of drug-likeness (QED) is 0.224. The van der Waals surface area contributed by atoms with E-state index >= 15 is 0 Å². The third kappa shape index (κ3) is 3.11. The number of thiophene rings is 1. The SMILES string of the molecule is c1ccc2cc(-c3nc4sc5ccccc5c4nc3-n3c4ccccc4c4cc5ccccc5cc43)ccc2c1. The van der Waals surface area contributed by atoms with Gasteiger partial charge in [-0.2, -0.15) is 0 Å². The minimum atomic E-state index is 0.854. The van der Waals surface area contributed by atoms with E-state index in [1.54, 1.807) is 11.3 Å². The van der Waals surface area contributed by atoms with Gasteiger partial charge < -0.3 is 0 Å². The summed E-state index contributed by atoms with van der Waals surface area (Å²) >= 11 is 1.71. The summed E-state index contributed by atoms with van der Waals surface area (Å²) in [5.74, 6) is 0.854. The number of rotatable bonds is 2. The number of para-hydroxylation sites is 1. The molecule has 0 N–H and O–H groups in total. The Bertz CT molecular complexity index is 2450. The third-order valence-electron chi connectivity index (χ3n) is 7.97. The molecule has 4 heteroatoms. The molecule has 3 aromatic heterocycles. The molecule has 3 heterocycles. The van der Waals surface area contributed by atoms with Crippen molar-refractivity contribution >= 4 is 75.1 Å². The van der Waals surface area contributed by atoms with E-state index in [1.165, 1.54) is 37.0 Å². The third-order valence-corrected chi connectivity index (χ3v) is 9.02. The number of aromatic nitrogens is 3. The Balaban J connectivity index is 1.46. The summed E-state index contributed by atoms with van der Waals surface area (Å²) in [5.41, 5.74) is 5.16. The van der Waals surface area contributed by atoms with E-state index in [0.717, 1.165) is 43.8 Å². The smallest absolute Gasteiger partial charge is 0.165 e. The molecule has 0 aliphatic heterocycles. The lowest BCUT2D eigenvalue weighted by Gasteiger charge is -2.13. The number of hydrogen-bond acceptors (Lipinski definition) is 3. The maximum atomic E-state index is 5.45. The van der Waals surface area contributed by atoms with Gasteiger partial charge in [0.05, 0.1) is 11.0 Å². The van der Waals surface area contributed by atoms with Crippen molar-refractivity contribution < 1.29 is 0 Å². The molecule has 0 amide bonds. The van der Waals surface area contributed by atoms with Gasteiger partial charge in [-0.05, 0) is 51.9 Å². The Morgan fingerprint density at radius 2 is 1.18 bits per heavy atom. The predicted octanol–water partition coefficient (Wildman–Crippen LogP) is 9.91. The highest BCUT2D eigenvalue weighted by molar-refractivity contribution is 7.25. The van der Waals surface area contributed by atoms with Crippen molar-refractivity contribution in [3.05, 3.63) is 127 Å². The first kappa shape index (κ1) is 21.8. The highest BCUT2D eigenvalue weighted by atomic mass is 32.1. The van der Waals surface area contributed by atoms with Crippen molar-refractivity contribution in [3.63, 3.8) is 0 Å². The van der Waals surface area contributed by atoms with Gasteiger partial charge in [0, 0.05) is 26.4 Å². The van der Waals surface area contributed by atoms with Gasteiger partial charge in [0.25, 0.3) is 0 Å². The zero-order valence-corrected chi connectivity index (χ0v) is 22.2. The number of benzene rings is 6. The summed E-state index contributed by atoms with van der Waals surface area (Å²) in [5, 5.41) is 8.43. The second kappa shape index (κ2) is 8.22. The molecule has 6 aromatic carbocycles. The van der Waals surface area contributed by atoms with Crippen LogP contribution in [0.25, 0.3) is 80.9 Å². The molecule has 0 radical (unpaired) electrons. The number of hydrogen-bond donors (Lipinski definition) is 0. The van der Waals surface area contributed by atoms with E-state index in [9.17, 15) is 0 Å². The van der Waals surface area contributed by atoms with Crippen LogP contribution in [0.4, 0.5) is 0 Å². The lowest BCUT2D eigenvalue weighted by molar-refractivity contribution is 1.09. The number of nitrogens with zero attached hydrogens (tertiary/aromatic N) is 3. The second-order valence-electron chi connectivity index (χ2n) is 10.3. The molecule has 0 aliphatic carbocycles. The monoisotopic (exact) mass is 527 g/mol. The van der Waals surface area contributed by atoms with Gasteiger partial charge in [-0.1, -0.05) is 97.1 Å². The van der Waals surface area contributed by atoms with Crippen LogP contribution in [0.5, 0.6) is 0 Å². The Morgan fingerprint density at radius 1 is 0.500 bits per heavy atom. The van der Waals surface area contributed by atoms with Gasteiger partial charge in [-0.3, -0.25) is 4.57 Å². The maximum Gasteiger partial charge on any atom is 0.165 e. The summed E-state index contributed by atoms with van der Waals surface area (Å²) in [6.45, 7) is 0. The predicted molar refractivity (Wildman–Crippen MR) is 170 cm³/mol. The van der Waals surface area contributed by atoms with Crippen molar-refractivity contribution in [2.24, 2.45) is 0 Å². The molecule has 0 atom stereocenters. The van der Waals surface area contributed by atoms with Crippen LogP contribution >= 0.6 is 11.3 Å². The molecule has 0 unspecified atom stereocenters. The topological polar surface area (TPSA) is 30.7 Å². The van der Waals surface area contributed by atoms with E-state index < -0.39 is 0 Å². The van der Waals surface area contributed by atoms with Crippen molar-refractivity contribution in [1.82, 2.24) is 14.5 Å². The summed E-state index contributed by atoms with van der Waals surface area (Å²) in [7, 11) is 0. The van der Waals surface area contributed by atoms with Crippen LogP contribution in [-0.4, -0.2) is 14.5 Å². The fraction of sp³-hybridized carbons (Fsp3) is 0. The molecule has 0 saturated heterocycles. The first-order valence-corrected chi connectivity index (χ1v) is 14.2. The standard InChI is InChI=1S/C36H21N3S/c1-2-10-23-19-26(18-17-22(23)9-1)33-35(37-34-28-14-6-8-16-32(28)40-36(34)38-33)39-30-15-7-5-13-27(30)29-20-24-11-3-4-12-25(24)21-31(29)39/h1-21H. The minimum absolute atomic E-state index is 0.854. The Morgan fingerprint density at radius 3 is 2.02 bits per heavy atom. The van der Waals surface area contributed by atoms with E-state index in [1.807, 2.05) is 0 Å². The maximum absolute atomic E-state index is 5.45. The van der Waals surface area contributed by atoms with E-state index in [4.69, 9.17) is 9.97 Å². The largest absolute Gasteiger partial charge is 0.292 e. The lowest BCUT2D eigenvalue weighted by Crippen LogP contribution is -2.03. The lowest BCUT2D eigenvalue weighted by atomic mass is 10.0. The zero-order chi connectivity index (χ0) is 26.2. The van der Waals surface area contributed by atoms with Crippen LogP contribution in [0.15, 0.2) is 127 Å². The summed E-state index contributed by atoms with van der Waals surface area (Å²) in [4.78, 5) is 11.8. The van der Waals surface area contributed by atoms with E-state index in [0.29, 0.717) is 0 Å². The van der Waals surface area contributed by atoms with Gasteiger partial charge in [0.2, 0.25) is 0 Å². The fourth-order valence-electron chi connectivity index (χ4n) is 6.08. The molecule has 9 rings (SSSR count). The normalized spacial score (nSPS) is 12.0. The summed E-state index contributed by atoms with van der Waals surface area (Å²) in [6, 6.07) is 45.4. The molecule has 0 spiro atoms. The van der Waals surface area contributed by atoms with Crippen LogP contribution in [-0.2, 0) is 0 Å². The van der Waals surface area contributed by atoms with Crippen LogP contribution in [0, 0.1) is 0 Å². The van der Waals surface area contributed by atoms with Crippen molar-refractivity contribution in [2.75, 3.05) is 0 Å². The molecular formula is C36H21N3S. The summed E-state index contributed by atoms with van der Waals surface area (Å²) < 4.78 is 3.52. The Kier molecular flexibility index (Phi) is 4.48. The van der Waals surface area contributed by atoms with Gasteiger partial charge >= 0.3 is 0 Å². The summed E-state index contributed by atoms with van der Waals surface area (Å²) in [6.07, 6.45) is 0. The van der Waals surface area contributed by atoms with Crippen LogP contribution in [0.3, 0.4) is 0 Å². The van der Waals surface area contributed by atoms with Crippen LogP contribution in [0.1, 0.15) is 0 Å². The molecular weight excluding hydrogens is 506 g/mol. The van der Waals surface area contributed by atoms with Gasteiger partial charge in [-0.15, -0.1) is 11.3 Å². The average molecular weight is 528 g/mol. The Hall–Kier alpha value is -5.06. The van der Waals surface area contributed by atoms with Gasteiger partial charge in [0.1, 0.15) is 16.0 Å². The molecule has 40 heavy (non-hydrogen) atoms. The zero-order valence-electron chi connectivity index (χ0n) is 21.4. The Labute approximate surface area is 233 Å². The fourth-order valence-corrected chi connectivity index (χ4v) is 7.10. The van der Waals surface area contributed by atoms with Gasteiger partial charge in [-0.25, -0.2) is 9.97 Å². The second-order valence-corrected chi connectivity index (χ2v) is 11.3. The van der Waals surface area contributed by atoms with Crippen molar-refractivity contribution in [3.8, 4) is 17.1 Å². The highest BCUT2D eigenvalue weighted by Crippen LogP contribution is 2.40.